The first-order valence-electron chi connectivity index (χ1n) is 15.0. The number of amides is 2. The van der Waals surface area contributed by atoms with Crippen LogP contribution in [0.2, 0.25) is 0 Å². The molecule has 0 aliphatic heterocycles. The molecule has 4 aromatic rings. The summed E-state index contributed by atoms with van der Waals surface area (Å²) in [5, 5.41) is 2.94. The SMILES string of the molecule is Cc1ccc(S(=O)(=O)N(CC(=O)N(Cc2ccccc2F)[C@H](Cc2ccccc2)C(=O)NCC(C)C)c2ccccc2C)cc1. The molecule has 0 heterocycles. The van der Waals surface area contributed by atoms with Gasteiger partial charge in [-0.3, -0.25) is 13.9 Å². The van der Waals surface area contributed by atoms with Crippen molar-refractivity contribution < 1.29 is 22.4 Å². The number of sulfonamides is 1. The second-order valence-electron chi connectivity index (χ2n) is 11.6. The molecule has 0 fully saturated rings. The molecule has 1 N–H and O–H groups in total. The number of anilines is 1. The number of hydrogen-bond acceptors (Lipinski definition) is 4. The van der Waals surface area contributed by atoms with Gasteiger partial charge in [-0.15, -0.1) is 0 Å². The summed E-state index contributed by atoms with van der Waals surface area (Å²) >= 11 is 0. The molecular weight excluding hydrogens is 589 g/mol. The maximum atomic E-state index is 15.0. The third-order valence-corrected chi connectivity index (χ3v) is 9.30. The summed E-state index contributed by atoms with van der Waals surface area (Å²) in [5.74, 6) is -1.42. The van der Waals surface area contributed by atoms with Crippen LogP contribution >= 0.6 is 0 Å². The van der Waals surface area contributed by atoms with Crippen LogP contribution in [0.5, 0.6) is 0 Å². The summed E-state index contributed by atoms with van der Waals surface area (Å²) in [6.07, 6.45) is 0.153. The molecule has 0 bridgehead atoms. The Balaban J connectivity index is 1.81. The van der Waals surface area contributed by atoms with E-state index in [2.05, 4.69) is 5.32 Å². The van der Waals surface area contributed by atoms with Gasteiger partial charge in [0, 0.05) is 25.1 Å². The van der Waals surface area contributed by atoms with Gasteiger partial charge in [-0.1, -0.05) is 98.3 Å². The summed E-state index contributed by atoms with van der Waals surface area (Å²) in [5.41, 5.74) is 2.89. The lowest BCUT2D eigenvalue weighted by Gasteiger charge is -2.34. The largest absolute Gasteiger partial charge is 0.354 e. The van der Waals surface area contributed by atoms with Gasteiger partial charge in [-0.05, 0) is 55.2 Å². The first-order chi connectivity index (χ1) is 21.5. The van der Waals surface area contributed by atoms with E-state index in [-0.39, 0.29) is 29.3 Å². The topological polar surface area (TPSA) is 86.8 Å². The lowest BCUT2D eigenvalue weighted by molar-refractivity contribution is -0.140. The Bertz CT molecular complexity index is 1710. The molecule has 0 saturated carbocycles. The highest BCUT2D eigenvalue weighted by molar-refractivity contribution is 7.92. The average Bonchev–Trinajstić information content (AvgIpc) is 3.02. The minimum atomic E-state index is -4.22. The van der Waals surface area contributed by atoms with E-state index in [9.17, 15) is 18.0 Å². The Kier molecular flexibility index (Phi) is 11.1. The molecule has 9 heteroatoms. The summed E-state index contributed by atoms with van der Waals surface area (Å²) in [6, 6.07) is 27.6. The molecule has 1 atom stereocenters. The molecule has 0 aromatic heterocycles. The highest BCUT2D eigenvalue weighted by Crippen LogP contribution is 2.28. The number of rotatable bonds is 13. The lowest BCUT2D eigenvalue weighted by atomic mass is 10.0. The van der Waals surface area contributed by atoms with E-state index in [4.69, 9.17) is 0 Å². The number of nitrogens with one attached hydrogen (secondary N) is 1. The fraction of sp³-hybridized carbons (Fsp3) is 0.278. The van der Waals surface area contributed by atoms with Crippen molar-refractivity contribution in [1.82, 2.24) is 10.2 Å². The lowest BCUT2D eigenvalue weighted by Crippen LogP contribution is -2.54. The summed E-state index contributed by atoms with van der Waals surface area (Å²) in [7, 11) is -4.22. The van der Waals surface area contributed by atoms with Gasteiger partial charge in [0.05, 0.1) is 10.6 Å². The van der Waals surface area contributed by atoms with Crippen LogP contribution < -0.4 is 9.62 Å². The number of benzene rings is 4. The monoisotopic (exact) mass is 629 g/mol. The zero-order chi connectivity index (χ0) is 32.6. The number of nitrogens with zero attached hydrogens (tertiary/aromatic N) is 2. The number of aryl methyl sites for hydroxylation is 2. The van der Waals surface area contributed by atoms with Crippen LogP contribution in [0.1, 0.15) is 36.1 Å². The van der Waals surface area contributed by atoms with Gasteiger partial charge in [0.25, 0.3) is 10.0 Å². The van der Waals surface area contributed by atoms with Crippen LogP contribution in [-0.4, -0.2) is 44.3 Å². The van der Waals surface area contributed by atoms with Crippen LogP contribution in [0.15, 0.2) is 108 Å². The van der Waals surface area contributed by atoms with Crippen LogP contribution in [0.25, 0.3) is 0 Å². The fourth-order valence-corrected chi connectivity index (χ4v) is 6.46. The fourth-order valence-electron chi connectivity index (χ4n) is 4.98. The Labute approximate surface area is 265 Å². The summed E-state index contributed by atoms with van der Waals surface area (Å²) < 4.78 is 44.4. The minimum Gasteiger partial charge on any atom is -0.354 e. The molecule has 7 nitrogen and oxygen atoms in total. The van der Waals surface area contributed by atoms with Gasteiger partial charge >= 0.3 is 0 Å². The number of carbonyl (C=O) groups is 2. The van der Waals surface area contributed by atoms with Gasteiger partial charge in [0.2, 0.25) is 11.8 Å². The molecule has 45 heavy (non-hydrogen) atoms. The van der Waals surface area contributed by atoms with Gasteiger partial charge in [0.15, 0.2) is 0 Å². The second kappa shape index (κ2) is 15.0. The molecule has 0 radical (unpaired) electrons. The van der Waals surface area contributed by atoms with Gasteiger partial charge in [0.1, 0.15) is 18.4 Å². The van der Waals surface area contributed by atoms with E-state index >= 15 is 4.39 Å². The van der Waals surface area contributed by atoms with Crippen molar-refractivity contribution >= 4 is 27.5 Å². The number of halogens is 1. The van der Waals surface area contributed by atoms with E-state index < -0.39 is 40.2 Å². The van der Waals surface area contributed by atoms with Crippen LogP contribution in [0.4, 0.5) is 10.1 Å². The molecule has 0 unspecified atom stereocenters. The van der Waals surface area contributed by atoms with E-state index in [0.29, 0.717) is 17.8 Å². The van der Waals surface area contributed by atoms with E-state index in [1.807, 2.05) is 51.1 Å². The predicted molar refractivity (Wildman–Crippen MR) is 176 cm³/mol. The van der Waals surface area contributed by atoms with Crippen LogP contribution in [0, 0.1) is 25.6 Å². The van der Waals surface area contributed by atoms with Crippen molar-refractivity contribution in [3.8, 4) is 0 Å². The maximum absolute atomic E-state index is 15.0. The Morgan fingerprint density at radius 1 is 0.822 bits per heavy atom. The third-order valence-electron chi connectivity index (χ3n) is 7.53. The van der Waals surface area contributed by atoms with Gasteiger partial charge in [-0.2, -0.15) is 0 Å². The van der Waals surface area contributed by atoms with Crippen LogP contribution in [-0.2, 0) is 32.6 Å². The maximum Gasteiger partial charge on any atom is 0.264 e. The molecular formula is C36H40FN3O4S. The Morgan fingerprint density at radius 3 is 2.09 bits per heavy atom. The third kappa shape index (κ3) is 8.57. The first kappa shape index (κ1) is 33.4. The molecule has 4 aromatic carbocycles. The van der Waals surface area contributed by atoms with E-state index in [0.717, 1.165) is 15.4 Å². The molecule has 0 spiro atoms. The second-order valence-corrected chi connectivity index (χ2v) is 13.4. The highest BCUT2D eigenvalue weighted by Gasteiger charge is 2.35. The minimum absolute atomic E-state index is 0.0281. The summed E-state index contributed by atoms with van der Waals surface area (Å²) in [6.45, 7) is 7.10. The zero-order valence-electron chi connectivity index (χ0n) is 26.1. The highest BCUT2D eigenvalue weighted by atomic mass is 32.2. The molecule has 0 aliphatic carbocycles. The van der Waals surface area contributed by atoms with E-state index in [1.54, 1.807) is 61.5 Å². The standard InChI is InChI=1S/C36H40FN3O4S/c1-26(2)23-38-36(42)34(22-29-13-6-5-7-14-29)39(24-30-15-9-10-16-32(30)37)35(41)25-40(33-17-11-8-12-28(33)4)45(43,44)31-20-18-27(3)19-21-31/h5-21,26,34H,22-25H2,1-4H3,(H,38,42)/t34-/m1/s1. The smallest absolute Gasteiger partial charge is 0.264 e. The quantitative estimate of drug-likeness (QED) is 0.195. The van der Waals surface area contributed by atoms with Crippen LogP contribution in [0.3, 0.4) is 0 Å². The Hall–Kier alpha value is -4.50. The molecule has 0 saturated heterocycles. The van der Waals surface area contributed by atoms with Gasteiger partial charge in [-0.25, -0.2) is 12.8 Å². The summed E-state index contributed by atoms with van der Waals surface area (Å²) in [4.78, 5) is 29.6. The van der Waals surface area contributed by atoms with Crippen molar-refractivity contribution in [3.05, 3.63) is 131 Å². The molecule has 2 amide bonds. The van der Waals surface area contributed by atoms with E-state index in [1.165, 1.54) is 23.1 Å². The normalized spacial score (nSPS) is 12.0. The zero-order valence-corrected chi connectivity index (χ0v) is 26.9. The number of hydrogen-bond donors (Lipinski definition) is 1. The average molecular weight is 630 g/mol. The molecule has 236 valence electrons. The number of carbonyl (C=O) groups excluding carboxylic acids is 2. The number of para-hydroxylation sites is 1. The first-order valence-corrected chi connectivity index (χ1v) is 16.4. The van der Waals surface area contributed by atoms with Crippen molar-refractivity contribution in [3.63, 3.8) is 0 Å². The Morgan fingerprint density at radius 2 is 1.44 bits per heavy atom. The van der Waals surface area contributed by atoms with Gasteiger partial charge < -0.3 is 10.2 Å². The van der Waals surface area contributed by atoms with Crippen molar-refractivity contribution in [2.24, 2.45) is 5.92 Å². The molecule has 4 rings (SSSR count). The molecule has 0 aliphatic rings. The van der Waals surface area contributed by atoms with Crippen molar-refractivity contribution in [1.29, 1.82) is 0 Å². The van der Waals surface area contributed by atoms with Crippen molar-refractivity contribution in [2.45, 2.75) is 51.6 Å². The van der Waals surface area contributed by atoms with Crippen molar-refractivity contribution in [2.75, 3.05) is 17.4 Å². The predicted octanol–water partition coefficient (Wildman–Crippen LogP) is 6.05.